The highest BCUT2D eigenvalue weighted by atomic mass is 35.5. The Kier molecular flexibility index (Phi) is 8.19. The van der Waals surface area contributed by atoms with Gasteiger partial charge in [0.15, 0.2) is 5.13 Å². The lowest BCUT2D eigenvalue weighted by Gasteiger charge is -2.23. The predicted molar refractivity (Wildman–Crippen MR) is 171 cm³/mol. The van der Waals surface area contributed by atoms with Crippen LogP contribution in [0.3, 0.4) is 0 Å². The Labute approximate surface area is 249 Å². The smallest absolute Gasteiger partial charge is 0.258 e. The number of thiazole rings is 1. The SMILES string of the molecule is CN(C)c1nc2c(s1)CCN(C(=O)c1ccc(NC(=O)c3ccccc3-c3ccccc3)cc1)c1ccccc1-2.Cl. The number of carbonyl (C=O) groups excluding carboxylic acids is 2. The van der Waals surface area contributed by atoms with E-state index in [4.69, 9.17) is 4.98 Å². The first-order valence-corrected chi connectivity index (χ1v) is 14.0. The van der Waals surface area contributed by atoms with E-state index in [1.165, 1.54) is 4.88 Å². The Hall–Kier alpha value is -4.46. The summed E-state index contributed by atoms with van der Waals surface area (Å²) in [7, 11) is 3.99. The second-order valence-electron chi connectivity index (χ2n) is 9.83. The van der Waals surface area contributed by atoms with E-state index in [0.717, 1.165) is 39.6 Å². The number of hydrogen-bond acceptors (Lipinski definition) is 5. The number of fused-ring (bicyclic) bond motifs is 3. The van der Waals surface area contributed by atoms with Crippen LogP contribution in [0.2, 0.25) is 0 Å². The fourth-order valence-electron chi connectivity index (χ4n) is 4.97. The number of nitrogens with one attached hydrogen (secondary N) is 1. The molecule has 0 fully saturated rings. The van der Waals surface area contributed by atoms with Gasteiger partial charge in [-0.25, -0.2) is 4.98 Å². The quantitative estimate of drug-likeness (QED) is 0.235. The van der Waals surface area contributed by atoms with E-state index in [1.54, 1.807) is 35.6 Å². The Bertz CT molecular complexity index is 1700. The van der Waals surface area contributed by atoms with E-state index in [1.807, 2.05) is 103 Å². The normalized spacial score (nSPS) is 11.9. The van der Waals surface area contributed by atoms with Gasteiger partial charge >= 0.3 is 0 Å². The molecule has 206 valence electrons. The molecule has 0 atom stereocenters. The van der Waals surface area contributed by atoms with Crippen molar-refractivity contribution >= 4 is 52.1 Å². The van der Waals surface area contributed by atoms with E-state index in [2.05, 4.69) is 5.32 Å². The summed E-state index contributed by atoms with van der Waals surface area (Å²) in [6.45, 7) is 0.562. The van der Waals surface area contributed by atoms with Crippen molar-refractivity contribution in [2.75, 3.05) is 35.8 Å². The largest absolute Gasteiger partial charge is 0.354 e. The number of anilines is 3. The molecule has 0 saturated heterocycles. The molecule has 0 spiro atoms. The predicted octanol–water partition coefficient (Wildman–Crippen LogP) is 7.42. The lowest BCUT2D eigenvalue weighted by Crippen LogP contribution is -2.32. The lowest BCUT2D eigenvalue weighted by molar-refractivity contribution is 0.0986. The maximum Gasteiger partial charge on any atom is 0.258 e. The van der Waals surface area contributed by atoms with Gasteiger partial charge in [-0.1, -0.05) is 66.7 Å². The van der Waals surface area contributed by atoms with Crippen molar-refractivity contribution in [1.29, 1.82) is 0 Å². The average molecular weight is 581 g/mol. The highest BCUT2D eigenvalue weighted by molar-refractivity contribution is 7.16. The summed E-state index contributed by atoms with van der Waals surface area (Å²) in [5.74, 6) is -0.279. The molecule has 8 heteroatoms. The van der Waals surface area contributed by atoms with Gasteiger partial charge in [-0.3, -0.25) is 9.59 Å². The van der Waals surface area contributed by atoms with Gasteiger partial charge in [0.25, 0.3) is 11.8 Å². The van der Waals surface area contributed by atoms with Crippen LogP contribution in [0.25, 0.3) is 22.4 Å². The first kappa shape index (κ1) is 28.1. The maximum absolute atomic E-state index is 13.7. The number of benzene rings is 4. The van der Waals surface area contributed by atoms with Crippen LogP contribution in [0.5, 0.6) is 0 Å². The third kappa shape index (κ3) is 5.59. The Morgan fingerprint density at radius 1 is 0.829 bits per heavy atom. The van der Waals surface area contributed by atoms with E-state index in [-0.39, 0.29) is 24.2 Å². The van der Waals surface area contributed by atoms with Crippen LogP contribution in [0.1, 0.15) is 25.6 Å². The van der Waals surface area contributed by atoms with Crippen LogP contribution in [0, 0.1) is 0 Å². The minimum absolute atomic E-state index is 0. The van der Waals surface area contributed by atoms with Gasteiger partial charge in [0.05, 0.1) is 11.4 Å². The third-order valence-corrected chi connectivity index (χ3v) is 8.26. The molecule has 0 bridgehead atoms. The van der Waals surface area contributed by atoms with Gasteiger partial charge < -0.3 is 15.1 Å². The zero-order valence-electron chi connectivity index (χ0n) is 22.7. The molecule has 6 rings (SSSR count). The molecule has 0 aliphatic carbocycles. The summed E-state index contributed by atoms with van der Waals surface area (Å²) >= 11 is 1.67. The molecular weight excluding hydrogens is 552 g/mol. The van der Waals surface area contributed by atoms with Crippen LogP contribution in [-0.4, -0.2) is 37.4 Å². The second kappa shape index (κ2) is 12.0. The Morgan fingerprint density at radius 3 is 2.22 bits per heavy atom. The molecule has 1 aliphatic rings. The highest BCUT2D eigenvalue weighted by Gasteiger charge is 2.27. The lowest BCUT2D eigenvalue weighted by atomic mass is 9.99. The summed E-state index contributed by atoms with van der Waals surface area (Å²) in [6.07, 6.45) is 0.732. The molecule has 5 aromatic rings. The number of halogens is 1. The van der Waals surface area contributed by atoms with Crippen LogP contribution in [-0.2, 0) is 6.42 Å². The molecule has 1 N–H and O–H groups in total. The minimum atomic E-state index is -0.198. The third-order valence-electron chi connectivity index (χ3n) is 6.97. The van der Waals surface area contributed by atoms with Crippen molar-refractivity contribution in [3.63, 3.8) is 0 Å². The van der Waals surface area contributed by atoms with Crippen molar-refractivity contribution in [2.45, 2.75) is 6.42 Å². The van der Waals surface area contributed by atoms with Gasteiger partial charge in [-0.05, 0) is 47.5 Å². The number of hydrogen-bond donors (Lipinski definition) is 1. The molecule has 1 aromatic heterocycles. The molecule has 4 aromatic carbocycles. The van der Waals surface area contributed by atoms with Gasteiger partial charge in [0, 0.05) is 54.3 Å². The molecular formula is C33H29ClN4O2S. The highest BCUT2D eigenvalue weighted by Crippen LogP contribution is 2.40. The number of aromatic nitrogens is 1. The number of carbonyl (C=O) groups is 2. The van der Waals surface area contributed by atoms with E-state index >= 15 is 0 Å². The van der Waals surface area contributed by atoms with Crippen molar-refractivity contribution in [3.05, 3.63) is 119 Å². The molecule has 0 radical (unpaired) electrons. The molecule has 2 amide bonds. The van der Waals surface area contributed by atoms with Gasteiger partial charge in [-0.15, -0.1) is 23.7 Å². The Morgan fingerprint density at radius 2 is 1.49 bits per heavy atom. The van der Waals surface area contributed by atoms with Crippen LogP contribution in [0.15, 0.2) is 103 Å². The minimum Gasteiger partial charge on any atom is -0.354 e. The zero-order valence-corrected chi connectivity index (χ0v) is 24.3. The molecule has 0 unspecified atom stereocenters. The fourth-order valence-corrected chi connectivity index (χ4v) is 5.95. The van der Waals surface area contributed by atoms with Crippen LogP contribution >= 0.6 is 23.7 Å². The molecule has 6 nitrogen and oxygen atoms in total. The second-order valence-corrected chi connectivity index (χ2v) is 10.9. The topological polar surface area (TPSA) is 65.5 Å². The van der Waals surface area contributed by atoms with Gasteiger partial charge in [0.2, 0.25) is 0 Å². The van der Waals surface area contributed by atoms with Crippen molar-refractivity contribution in [2.24, 2.45) is 0 Å². The Balaban J connectivity index is 0.00000337. The zero-order chi connectivity index (χ0) is 27.6. The van der Waals surface area contributed by atoms with Crippen molar-refractivity contribution in [3.8, 4) is 22.4 Å². The van der Waals surface area contributed by atoms with Crippen LogP contribution in [0.4, 0.5) is 16.5 Å². The van der Waals surface area contributed by atoms with Crippen molar-refractivity contribution < 1.29 is 9.59 Å². The molecule has 2 heterocycles. The first-order valence-electron chi connectivity index (χ1n) is 13.1. The summed E-state index contributed by atoms with van der Waals surface area (Å²) in [5.41, 5.74) is 6.41. The van der Waals surface area contributed by atoms with Gasteiger partial charge in [-0.2, -0.15) is 0 Å². The average Bonchev–Trinajstić information content (AvgIpc) is 3.36. The maximum atomic E-state index is 13.7. The summed E-state index contributed by atoms with van der Waals surface area (Å²) in [5, 5.41) is 3.95. The first-order chi connectivity index (χ1) is 19.5. The number of para-hydroxylation sites is 1. The van der Waals surface area contributed by atoms with Gasteiger partial charge in [0.1, 0.15) is 0 Å². The van der Waals surface area contributed by atoms with E-state index < -0.39 is 0 Å². The number of nitrogens with zero attached hydrogens (tertiary/aromatic N) is 3. The van der Waals surface area contributed by atoms with Crippen molar-refractivity contribution in [1.82, 2.24) is 4.98 Å². The summed E-state index contributed by atoms with van der Waals surface area (Å²) < 4.78 is 0. The molecule has 1 aliphatic heterocycles. The number of amides is 2. The monoisotopic (exact) mass is 580 g/mol. The fraction of sp³-hybridized carbons (Fsp3) is 0.121. The standard InChI is InChI=1S/C33H28N4O2S.ClH/c1-36(2)33-35-30-27-14-8-9-15-28(27)37(21-20-29(30)40-33)32(39)23-16-18-24(19-17-23)34-31(38)26-13-7-6-12-25(26)22-10-4-3-5-11-22;/h3-19H,20-21H2,1-2H3,(H,34,38);1H. The van der Waals surface area contributed by atoms with Crippen LogP contribution < -0.4 is 15.1 Å². The molecule has 0 saturated carbocycles. The summed E-state index contributed by atoms with van der Waals surface area (Å²) in [4.78, 5) is 36.8. The van der Waals surface area contributed by atoms with E-state index in [9.17, 15) is 9.59 Å². The molecule has 41 heavy (non-hydrogen) atoms. The summed E-state index contributed by atoms with van der Waals surface area (Å²) in [6, 6.07) is 32.5. The number of rotatable bonds is 5. The van der Waals surface area contributed by atoms with E-state index in [0.29, 0.717) is 23.4 Å².